The Labute approximate surface area is 94.5 Å². The fourth-order valence-corrected chi connectivity index (χ4v) is 1.89. The van der Waals surface area contributed by atoms with Crippen molar-refractivity contribution in [3.8, 4) is 0 Å². The predicted octanol–water partition coefficient (Wildman–Crippen LogP) is 1.88. The molecule has 1 saturated heterocycles. The number of nitrogens with zero attached hydrogens (tertiary/aromatic N) is 1. The summed E-state index contributed by atoms with van der Waals surface area (Å²) in [6.07, 6.45) is 0. The van der Waals surface area contributed by atoms with Gasteiger partial charge in [0.1, 0.15) is 6.79 Å². The molecule has 0 atom stereocenters. The second-order valence-electron chi connectivity index (χ2n) is 4.19. The third kappa shape index (κ3) is 2.08. The van der Waals surface area contributed by atoms with Crippen molar-refractivity contribution in [2.24, 2.45) is 10.6 Å². The summed E-state index contributed by atoms with van der Waals surface area (Å²) in [5.41, 5.74) is 1.10. The molecule has 1 aliphatic rings. The van der Waals surface area contributed by atoms with Gasteiger partial charge in [0.15, 0.2) is 0 Å². The Kier molecular flexibility index (Phi) is 3.22. The minimum Gasteiger partial charge on any atom is -0.411 e. The molecule has 0 amide bonds. The van der Waals surface area contributed by atoms with Crippen LogP contribution in [0.5, 0.6) is 0 Å². The highest BCUT2D eigenvalue weighted by Crippen LogP contribution is 2.27. The smallest absolute Gasteiger partial charge is 0.146 e. The maximum absolute atomic E-state index is 9.17. The van der Waals surface area contributed by atoms with Gasteiger partial charge in [0, 0.05) is 5.56 Å². The lowest BCUT2D eigenvalue weighted by molar-refractivity contribution is -0.138. The Morgan fingerprint density at radius 1 is 1.25 bits per heavy atom. The van der Waals surface area contributed by atoms with Crippen molar-refractivity contribution in [1.29, 1.82) is 0 Å². The van der Waals surface area contributed by atoms with Crippen LogP contribution in [0.15, 0.2) is 35.5 Å². The van der Waals surface area contributed by atoms with Crippen LogP contribution in [0.4, 0.5) is 0 Å². The summed E-state index contributed by atoms with van der Waals surface area (Å²) in [4.78, 5) is 0. The van der Waals surface area contributed by atoms with Gasteiger partial charge in [-0.15, -0.1) is 0 Å². The zero-order valence-corrected chi connectivity index (χ0v) is 9.22. The molecule has 1 aliphatic heterocycles. The first kappa shape index (κ1) is 11.1. The van der Waals surface area contributed by atoms with Crippen molar-refractivity contribution in [2.75, 3.05) is 20.0 Å². The van der Waals surface area contributed by atoms with E-state index in [2.05, 4.69) is 5.16 Å². The molecule has 0 spiro atoms. The van der Waals surface area contributed by atoms with Gasteiger partial charge in [-0.3, -0.25) is 0 Å². The molecule has 1 N–H and O–H groups in total. The molecule has 0 aromatic heterocycles. The molecule has 1 aromatic carbocycles. The van der Waals surface area contributed by atoms with Crippen molar-refractivity contribution in [1.82, 2.24) is 0 Å². The number of hydrogen-bond acceptors (Lipinski definition) is 4. The van der Waals surface area contributed by atoms with Crippen LogP contribution >= 0.6 is 0 Å². The van der Waals surface area contributed by atoms with Gasteiger partial charge in [-0.05, 0) is 6.92 Å². The average Bonchev–Trinajstić information content (AvgIpc) is 2.32. The van der Waals surface area contributed by atoms with Crippen molar-refractivity contribution in [2.45, 2.75) is 6.92 Å². The summed E-state index contributed by atoms with van der Waals surface area (Å²) in [6, 6.07) is 9.57. The highest BCUT2D eigenvalue weighted by molar-refractivity contribution is 6.04. The van der Waals surface area contributed by atoms with Crippen LogP contribution in [0.1, 0.15) is 12.5 Å². The Bertz CT molecular complexity index is 369. The summed E-state index contributed by atoms with van der Waals surface area (Å²) in [5.74, 6) is 0. The molecule has 1 fully saturated rings. The van der Waals surface area contributed by atoms with Crippen LogP contribution in [-0.2, 0) is 9.47 Å². The lowest BCUT2D eigenvalue weighted by atomic mass is 9.82. The van der Waals surface area contributed by atoms with E-state index in [1.807, 2.05) is 37.3 Å². The van der Waals surface area contributed by atoms with Gasteiger partial charge < -0.3 is 14.7 Å². The quantitative estimate of drug-likeness (QED) is 0.471. The van der Waals surface area contributed by atoms with Gasteiger partial charge in [0.2, 0.25) is 0 Å². The largest absolute Gasteiger partial charge is 0.411 e. The van der Waals surface area contributed by atoms with Crippen LogP contribution < -0.4 is 0 Å². The van der Waals surface area contributed by atoms with E-state index in [1.165, 1.54) is 0 Å². The van der Waals surface area contributed by atoms with E-state index < -0.39 is 5.41 Å². The van der Waals surface area contributed by atoms with Gasteiger partial charge in [0.05, 0.1) is 24.3 Å². The summed E-state index contributed by atoms with van der Waals surface area (Å²) in [7, 11) is 0. The number of benzene rings is 1. The summed E-state index contributed by atoms with van der Waals surface area (Å²) >= 11 is 0. The minimum absolute atomic E-state index is 0.309. The molecule has 4 nitrogen and oxygen atoms in total. The van der Waals surface area contributed by atoms with Gasteiger partial charge in [-0.2, -0.15) is 0 Å². The van der Waals surface area contributed by atoms with Crippen LogP contribution in [0.3, 0.4) is 0 Å². The molecular formula is C12H15NO3. The van der Waals surface area contributed by atoms with E-state index in [4.69, 9.17) is 9.47 Å². The molecule has 1 heterocycles. The van der Waals surface area contributed by atoms with Crippen molar-refractivity contribution >= 4 is 5.71 Å². The highest BCUT2D eigenvalue weighted by atomic mass is 16.7. The normalized spacial score (nSPS) is 20.7. The van der Waals surface area contributed by atoms with Gasteiger partial charge >= 0.3 is 0 Å². The van der Waals surface area contributed by atoms with Crippen LogP contribution in [0.25, 0.3) is 0 Å². The molecule has 86 valence electrons. The van der Waals surface area contributed by atoms with Crippen LogP contribution in [0, 0.1) is 5.41 Å². The maximum atomic E-state index is 9.17. The average molecular weight is 221 g/mol. The summed E-state index contributed by atoms with van der Waals surface area (Å²) < 4.78 is 10.6. The van der Waals surface area contributed by atoms with E-state index in [-0.39, 0.29) is 0 Å². The fraction of sp³-hybridized carbons (Fsp3) is 0.417. The SMILES string of the molecule is CC1(C(=NO)c2ccccc2)COCOC1. The van der Waals surface area contributed by atoms with E-state index in [0.717, 1.165) is 5.56 Å². The zero-order valence-electron chi connectivity index (χ0n) is 9.22. The number of oxime groups is 1. The molecule has 0 unspecified atom stereocenters. The summed E-state index contributed by atoms with van der Waals surface area (Å²) in [5, 5.41) is 12.6. The Morgan fingerprint density at radius 3 is 2.44 bits per heavy atom. The van der Waals surface area contributed by atoms with Gasteiger partial charge in [-0.1, -0.05) is 35.5 Å². The number of hydrogen-bond donors (Lipinski definition) is 1. The molecule has 0 saturated carbocycles. The summed E-state index contributed by atoms with van der Waals surface area (Å²) in [6.45, 7) is 3.28. The molecule has 0 aliphatic carbocycles. The molecule has 16 heavy (non-hydrogen) atoms. The standard InChI is InChI=1S/C12H15NO3/c1-12(7-15-9-16-8-12)11(13-14)10-5-3-2-4-6-10/h2-6,14H,7-9H2,1H3. The third-order valence-electron chi connectivity index (χ3n) is 2.73. The van der Waals surface area contributed by atoms with E-state index in [0.29, 0.717) is 25.7 Å². The Balaban J connectivity index is 2.29. The zero-order chi connectivity index (χ0) is 11.4. The first-order valence-electron chi connectivity index (χ1n) is 5.20. The van der Waals surface area contributed by atoms with Crippen molar-refractivity contribution < 1.29 is 14.7 Å². The molecule has 0 bridgehead atoms. The fourth-order valence-electron chi connectivity index (χ4n) is 1.89. The van der Waals surface area contributed by atoms with Crippen LogP contribution in [-0.4, -0.2) is 30.9 Å². The Morgan fingerprint density at radius 2 is 1.88 bits per heavy atom. The van der Waals surface area contributed by atoms with E-state index in [9.17, 15) is 5.21 Å². The first-order chi connectivity index (χ1) is 7.76. The Hall–Kier alpha value is -1.39. The van der Waals surface area contributed by atoms with Gasteiger partial charge in [0.25, 0.3) is 0 Å². The lowest BCUT2D eigenvalue weighted by Gasteiger charge is -2.33. The monoisotopic (exact) mass is 221 g/mol. The topological polar surface area (TPSA) is 51.1 Å². The lowest BCUT2D eigenvalue weighted by Crippen LogP contribution is -2.42. The van der Waals surface area contributed by atoms with Gasteiger partial charge in [-0.25, -0.2) is 0 Å². The predicted molar refractivity (Wildman–Crippen MR) is 59.6 cm³/mol. The number of rotatable bonds is 2. The number of ether oxygens (including phenoxy) is 2. The molecule has 1 aromatic rings. The van der Waals surface area contributed by atoms with E-state index >= 15 is 0 Å². The second-order valence-corrected chi connectivity index (χ2v) is 4.19. The highest BCUT2D eigenvalue weighted by Gasteiger charge is 2.35. The first-order valence-corrected chi connectivity index (χ1v) is 5.20. The molecule has 2 rings (SSSR count). The molecule has 0 radical (unpaired) electrons. The van der Waals surface area contributed by atoms with Crippen molar-refractivity contribution in [3.63, 3.8) is 0 Å². The van der Waals surface area contributed by atoms with Crippen LogP contribution in [0.2, 0.25) is 0 Å². The minimum atomic E-state index is -0.394. The third-order valence-corrected chi connectivity index (χ3v) is 2.73. The van der Waals surface area contributed by atoms with E-state index in [1.54, 1.807) is 0 Å². The maximum Gasteiger partial charge on any atom is 0.146 e. The molecule has 4 heteroatoms. The molecular weight excluding hydrogens is 206 g/mol. The second kappa shape index (κ2) is 4.63. The van der Waals surface area contributed by atoms with Crippen molar-refractivity contribution in [3.05, 3.63) is 35.9 Å².